The maximum absolute atomic E-state index is 11.4. The van der Waals surface area contributed by atoms with Gasteiger partial charge in [-0.05, 0) is 80.5 Å². The summed E-state index contributed by atoms with van der Waals surface area (Å²) in [5, 5.41) is 2.71. The zero-order chi connectivity index (χ0) is 15.2. The number of rotatable bonds is 5. The first-order valence-electron chi connectivity index (χ1n) is 6.64. The number of ether oxygens (including phenoxy) is 2. The molecule has 0 saturated heterocycles. The lowest BCUT2D eigenvalue weighted by atomic mass is 10.2. The van der Waals surface area contributed by atoms with Crippen LogP contribution < -0.4 is 10.1 Å². The summed E-state index contributed by atoms with van der Waals surface area (Å²) in [6.07, 6.45) is 0.355. The first-order valence-corrected chi connectivity index (χ1v) is 7.71. The Morgan fingerprint density at radius 2 is 2.05 bits per heavy atom. The van der Waals surface area contributed by atoms with Crippen LogP contribution in [0.3, 0.4) is 0 Å². The molecule has 0 bridgehead atoms. The second-order valence-corrected chi connectivity index (χ2v) is 6.79. The van der Waals surface area contributed by atoms with Crippen molar-refractivity contribution in [1.29, 1.82) is 0 Å². The molecular formula is C15H22INO3. The Hall–Kier alpha value is -0.980. The van der Waals surface area contributed by atoms with Crippen LogP contribution in [-0.2, 0) is 4.74 Å². The summed E-state index contributed by atoms with van der Waals surface area (Å²) in [4.78, 5) is 11.4. The molecule has 0 spiro atoms. The highest BCUT2D eigenvalue weighted by atomic mass is 127. The first kappa shape index (κ1) is 17.1. The third-order valence-electron chi connectivity index (χ3n) is 2.38. The molecule has 0 radical (unpaired) electrons. The third kappa shape index (κ3) is 6.98. The van der Waals surface area contributed by atoms with E-state index >= 15 is 0 Å². The highest BCUT2D eigenvalue weighted by Gasteiger charge is 2.15. The van der Waals surface area contributed by atoms with Gasteiger partial charge in [-0.3, -0.25) is 0 Å². The number of amides is 1. The summed E-state index contributed by atoms with van der Waals surface area (Å²) in [5.74, 6) is 0.891. The van der Waals surface area contributed by atoms with Gasteiger partial charge >= 0.3 is 6.09 Å². The molecular weight excluding hydrogens is 369 g/mol. The van der Waals surface area contributed by atoms with Crippen LogP contribution >= 0.6 is 22.6 Å². The molecule has 0 heterocycles. The molecule has 0 fully saturated rings. The normalized spacial score (nSPS) is 11.1. The second-order valence-electron chi connectivity index (χ2n) is 5.54. The van der Waals surface area contributed by atoms with E-state index in [9.17, 15) is 4.79 Å². The van der Waals surface area contributed by atoms with E-state index in [0.717, 1.165) is 17.7 Å². The molecule has 0 aliphatic heterocycles. The zero-order valence-electron chi connectivity index (χ0n) is 12.5. The van der Waals surface area contributed by atoms with E-state index < -0.39 is 5.60 Å². The molecule has 1 N–H and O–H groups in total. The van der Waals surface area contributed by atoms with Crippen molar-refractivity contribution in [3.05, 3.63) is 27.3 Å². The summed E-state index contributed by atoms with van der Waals surface area (Å²) in [7, 11) is 0. The molecule has 1 amide bonds. The predicted molar refractivity (Wildman–Crippen MR) is 88.2 cm³/mol. The Balaban J connectivity index is 2.21. The summed E-state index contributed by atoms with van der Waals surface area (Å²) in [5.41, 5.74) is 0.663. The van der Waals surface area contributed by atoms with Gasteiger partial charge in [0.05, 0.1) is 6.61 Å². The lowest BCUT2D eigenvalue weighted by Crippen LogP contribution is -2.33. The minimum Gasteiger partial charge on any atom is -0.493 e. The highest BCUT2D eigenvalue weighted by Crippen LogP contribution is 2.20. The minimum absolute atomic E-state index is 0.386. The van der Waals surface area contributed by atoms with Crippen molar-refractivity contribution in [2.75, 3.05) is 13.2 Å². The van der Waals surface area contributed by atoms with E-state index in [1.165, 1.54) is 3.57 Å². The smallest absolute Gasteiger partial charge is 0.407 e. The van der Waals surface area contributed by atoms with Crippen molar-refractivity contribution in [3.8, 4) is 5.75 Å². The maximum atomic E-state index is 11.4. The van der Waals surface area contributed by atoms with Crippen molar-refractivity contribution in [3.63, 3.8) is 0 Å². The molecule has 20 heavy (non-hydrogen) atoms. The number of nitrogens with one attached hydrogen (secondary N) is 1. The number of hydrogen-bond donors (Lipinski definition) is 1. The molecule has 0 unspecified atom stereocenters. The fraction of sp³-hybridized carbons (Fsp3) is 0.533. The van der Waals surface area contributed by atoms with Crippen LogP contribution in [0.2, 0.25) is 0 Å². The lowest BCUT2D eigenvalue weighted by Gasteiger charge is -2.19. The number of benzene rings is 1. The molecule has 4 nitrogen and oxygen atoms in total. The Morgan fingerprint density at radius 3 is 2.65 bits per heavy atom. The average Bonchev–Trinajstić information content (AvgIpc) is 2.28. The third-order valence-corrected chi connectivity index (χ3v) is 3.05. The van der Waals surface area contributed by atoms with Gasteiger partial charge in [-0.1, -0.05) is 0 Å². The summed E-state index contributed by atoms with van der Waals surface area (Å²) >= 11 is 2.27. The SMILES string of the molecule is Cc1cc(I)ccc1OCCCNC(=O)OC(C)(C)C. The van der Waals surface area contributed by atoms with Crippen molar-refractivity contribution in [2.24, 2.45) is 0 Å². The fourth-order valence-electron chi connectivity index (χ4n) is 1.53. The van der Waals surface area contributed by atoms with Crippen molar-refractivity contribution in [2.45, 2.75) is 39.7 Å². The Morgan fingerprint density at radius 1 is 1.35 bits per heavy atom. The second kappa shape index (κ2) is 7.71. The van der Waals surface area contributed by atoms with E-state index in [1.807, 2.05) is 39.8 Å². The molecule has 1 rings (SSSR count). The van der Waals surface area contributed by atoms with E-state index in [-0.39, 0.29) is 6.09 Å². The van der Waals surface area contributed by atoms with Crippen LogP contribution in [0.25, 0.3) is 0 Å². The van der Waals surface area contributed by atoms with Crippen LogP contribution in [0.1, 0.15) is 32.8 Å². The van der Waals surface area contributed by atoms with Gasteiger partial charge in [-0.25, -0.2) is 4.79 Å². The Bertz CT molecular complexity index is 455. The van der Waals surface area contributed by atoms with Gasteiger partial charge in [0, 0.05) is 10.1 Å². The van der Waals surface area contributed by atoms with Gasteiger partial charge in [-0.15, -0.1) is 0 Å². The van der Waals surface area contributed by atoms with Crippen LogP contribution in [0.5, 0.6) is 5.75 Å². The van der Waals surface area contributed by atoms with Crippen LogP contribution in [0, 0.1) is 10.5 Å². The monoisotopic (exact) mass is 391 g/mol. The van der Waals surface area contributed by atoms with Gasteiger partial charge in [-0.2, -0.15) is 0 Å². The van der Waals surface area contributed by atoms with E-state index in [4.69, 9.17) is 9.47 Å². The largest absolute Gasteiger partial charge is 0.493 e. The van der Waals surface area contributed by atoms with Gasteiger partial charge in [0.1, 0.15) is 11.4 Å². The Kier molecular flexibility index (Phi) is 6.58. The molecule has 112 valence electrons. The van der Waals surface area contributed by atoms with Gasteiger partial charge in [0.25, 0.3) is 0 Å². The van der Waals surface area contributed by atoms with Crippen LogP contribution in [0.15, 0.2) is 18.2 Å². The maximum Gasteiger partial charge on any atom is 0.407 e. The standard InChI is InChI=1S/C15H22INO3/c1-11-10-12(16)6-7-13(11)19-9-5-8-17-14(18)20-15(2,3)4/h6-7,10H,5,8-9H2,1-4H3,(H,17,18). The topological polar surface area (TPSA) is 47.6 Å². The van der Waals surface area contributed by atoms with Gasteiger partial charge < -0.3 is 14.8 Å². The number of hydrogen-bond acceptors (Lipinski definition) is 3. The van der Waals surface area contributed by atoms with Gasteiger partial charge in [0.15, 0.2) is 0 Å². The molecule has 0 aliphatic carbocycles. The number of halogens is 1. The summed E-state index contributed by atoms with van der Waals surface area (Å²) in [6, 6.07) is 6.06. The predicted octanol–water partition coefficient (Wildman–Crippen LogP) is 3.89. The lowest BCUT2D eigenvalue weighted by molar-refractivity contribution is 0.0525. The van der Waals surface area contributed by atoms with E-state index in [0.29, 0.717) is 13.2 Å². The molecule has 1 aromatic rings. The molecule has 0 aromatic heterocycles. The van der Waals surface area contributed by atoms with E-state index in [2.05, 4.69) is 34.0 Å². The number of carbonyl (C=O) groups is 1. The first-order chi connectivity index (χ1) is 9.28. The van der Waals surface area contributed by atoms with Crippen molar-refractivity contribution in [1.82, 2.24) is 5.32 Å². The van der Waals surface area contributed by atoms with Crippen molar-refractivity contribution >= 4 is 28.7 Å². The summed E-state index contributed by atoms with van der Waals surface area (Å²) in [6.45, 7) is 8.66. The summed E-state index contributed by atoms with van der Waals surface area (Å²) < 4.78 is 12.0. The van der Waals surface area contributed by atoms with Crippen LogP contribution in [-0.4, -0.2) is 24.8 Å². The van der Waals surface area contributed by atoms with Crippen LogP contribution in [0.4, 0.5) is 4.79 Å². The number of alkyl carbamates (subject to hydrolysis) is 1. The zero-order valence-corrected chi connectivity index (χ0v) is 14.6. The number of aryl methyl sites for hydroxylation is 1. The van der Waals surface area contributed by atoms with Crippen molar-refractivity contribution < 1.29 is 14.3 Å². The fourth-order valence-corrected chi connectivity index (χ4v) is 2.18. The van der Waals surface area contributed by atoms with Gasteiger partial charge in [0.2, 0.25) is 0 Å². The molecule has 0 atom stereocenters. The molecule has 0 aliphatic rings. The van der Waals surface area contributed by atoms with E-state index in [1.54, 1.807) is 0 Å². The minimum atomic E-state index is -0.459. The Labute approximate surface area is 134 Å². The molecule has 5 heteroatoms. The average molecular weight is 391 g/mol. The highest BCUT2D eigenvalue weighted by molar-refractivity contribution is 14.1. The molecule has 0 saturated carbocycles. The quantitative estimate of drug-likeness (QED) is 0.612. The number of carbonyl (C=O) groups excluding carboxylic acids is 1. The molecule has 1 aromatic carbocycles.